The summed E-state index contributed by atoms with van der Waals surface area (Å²) >= 11 is 0. The van der Waals surface area contributed by atoms with Crippen molar-refractivity contribution in [1.82, 2.24) is 5.32 Å². The molecule has 6 nitrogen and oxygen atoms in total. The van der Waals surface area contributed by atoms with Crippen molar-refractivity contribution < 1.29 is 14.8 Å². The molecule has 0 saturated heterocycles. The van der Waals surface area contributed by atoms with Gasteiger partial charge in [0.25, 0.3) is 11.6 Å². The van der Waals surface area contributed by atoms with Crippen LogP contribution in [0, 0.1) is 17.0 Å². The molecule has 0 aromatic heterocycles. The average Bonchev–Trinajstić information content (AvgIpc) is 2.35. The number of amides is 1. The number of nitrogens with one attached hydrogen (secondary N) is 1. The summed E-state index contributed by atoms with van der Waals surface area (Å²) < 4.78 is 0. The molecule has 0 aliphatic rings. The maximum atomic E-state index is 12.0. The Bertz CT molecular complexity index is 512. The lowest BCUT2D eigenvalue weighted by molar-refractivity contribution is -0.385. The van der Waals surface area contributed by atoms with Crippen molar-refractivity contribution in [2.24, 2.45) is 0 Å². The number of aryl methyl sites for hydroxylation is 1. The van der Waals surface area contributed by atoms with Gasteiger partial charge < -0.3 is 10.4 Å². The molecule has 110 valence electrons. The van der Waals surface area contributed by atoms with Gasteiger partial charge in [-0.3, -0.25) is 14.9 Å². The second kappa shape index (κ2) is 6.47. The van der Waals surface area contributed by atoms with E-state index in [0.717, 1.165) is 12.0 Å². The van der Waals surface area contributed by atoms with Crippen LogP contribution in [0.2, 0.25) is 0 Å². The van der Waals surface area contributed by atoms with E-state index >= 15 is 0 Å². The molecule has 1 rings (SSSR count). The third-order valence-electron chi connectivity index (χ3n) is 3.01. The number of hydrogen-bond donors (Lipinski definition) is 2. The third-order valence-corrected chi connectivity index (χ3v) is 3.01. The Morgan fingerprint density at radius 3 is 2.70 bits per heavy atom. The first-order valence-corrected chi connectivity index (χ1v) is 6.52. The smallest absolute Gasteiger partial charge is 0.282 e. The third kappa shape index (κ3) is 4.31. The van der Waals surface area contributed by atoms with Gasteiger partial charge in [-0.1, -0.05) is 19.4 Å². The number of aliphatic hydroxyl groups is 1. The SMILES string of the molecule is CCCC(C)(O)CNC(=O)c1cc(C)ccc1[N+](=O)[O-]. The molecule has 6 heteroatoms. The number of carbonyl (C=O) groups excluding carboxylic acids is 1. The average molecular weight is 280 g/mol. The Labute approximate surface area is 118 Å². The number of nitro benzene ring substituents is 1. The van der Waals surface area contributed by atoms with Crippen molar-refractivity contribution in [3.05, 3.63) is 39.4 Å². The van der Waals surface area contributed by atoms with Gasteiger partial charge in [0.1, 0.15) is 5.56 Å². The van der Waals surface area contributed by atoms with Crippen LogP contribution < -0.4 is 5.32 Å². The number of hydrogen-bond acceptors (Lipinski definition) is 4. The van der Waals surface area contributed by atoms with Gasteiger partial charge in [-0.2, -0.15) is 0 Å². The van der Waals surface area contributed by atoms with E-state index in [4.69, 9.17) is 0 Å². The molecule has 1 atom stereocenters. The molecular weight excluding hydrogens is 260 g/mol. The zero-order valence-corrected chi connectivity index (χ0v) is 12.0. The zero-order valence-electron chi connectivity index (χ0n) is 12.0. The molecule has 0 heterocycles. The molecule has 0 aliphatic heterocycles. The zero-order chi connectivity index (χ0) is 15.3. The summed E-state index contributed by atoms with van der Waals surface area (Å²) in [6, 6.07) is 4.37. The summed E-state index contributed by atoms with van der Waals surface area (Å²) in [6.07, 6.45) is 1.33. The van der Waals surface area contributed by atoms with E-state index in [2.05, 4.69) is 5.32 Å². The lowest BCUT2D eigenvalue weighted by atomic mass is 10.0. The Hall–Kier alpha value is -1.95. The summed E-state index contributed by atoms with van der Waals surface area (Å²) in [5.41, 5.74) is -0.463. The van der Waals surface area contributed by atoms with E-state index in [1.54, 1.807) is 19.9 Å². The van der Waals surface area contributed by atoms with E-state index in [9.17, 15) is 20.0 Å². The van der Waals surface area contributed by atoms with Gasteiger partial charge in [-0.25, -0.2) is 0 Å². The van der Waals surface area contributed by atoms with Crippen LogP contribution in [-0.2, 0) is 0 Å². The number of nitrogens with zero attached hydrogens (tertiary/aromatic N) is 1. The largest absolute Gasteiger partial charge is 0.388 e. The van der Waals surface area contributed by atoms with Crippen LogP contribution in [0.5, 0.6) is 0 Å². The van der Waals surface area contributed by atoms with Gasteiger partial charge in [-0.05, 0) is 31.9 Å². The monoisotopic (exact) mass is 280 g/mol. The van der Waals surface area contributed by atoms with Crippen molar-refractivity contribution in [1.29, 1.82) is 0 Å². The van der Waals surface area contributed by atoms with Crippen LogP contribution in [0.1, 0.15) is 42.6 Å². The molecule has 1 aromatic carbocycles. The Kier molecular flexibility index (Phi) is 5.21. The molecule has 1 amide bonds. The molecule has 0 radical (unpaired) electrons. The molecule has 0 aliphatic carbocycles. The summed E-state index contributed by atoms with van der Waals surface area (Å²) in [5, 5.41) is 23.5. The molecular formula is C14H20N2O4. The Morgan fingerprint density at radius 1 is 1.50 bits per heavy atom. The standard InChI is InChI=1S/C14H20N2O4/c1-4-7-14(3,18)9-15-13(17)11-8-10(2)5-6-12(11)16(19)20/h5-6,8,18H,4,7,9H2,1-3H3,(H,15,17). The summed E-state index contributed by atoms with van der Waals surface area (Å²) in [4.78, 5) is 22.4. The maximum Gasteiger partial charge on any atom is 0.282 e. The second-order valence-electron chi connectivity index (χ2n) is 5.21. The van der Waals surface area contributed by atoms with Gasteiger partial charge in [-0.15, -0.1) is 0 Å². The van der Waals surface area contributed by atoms with Crippen molar-refractivity contribution in [2.75, 3.05) is 6.54 Å². The van der Waals surface area contributed by atoms with Crippen LogP contribution in [0.3, 0.4) is 0 Å². The van der Waals surface area contributed by atoms with Crippen LogP contribution in [0.4, 0.5) is 5.69 Å². The second-order valence-corrected chi connectivity index (χ2v) is 5.21. The van der Waals surface area contributed by atoms with Crippen molar-refractivity contribution >= 4 is 11.6 Å². The fourth-order valence-electron chi connectivity index (χ4n) is 1.98. The quantitative estimate of drug-likeness (QED) is 0.617. The predicted molar refractivity (Wildman–Crippen MR) is 75.7 cm³/mol. The molecule has 0 fully saturated rings. The molecule has 0 spiro atoms. The highest BCUT2D eigenvalue weighted by Crippen LogP contribution is 2.20. The normalized spacial score (nSPS) is 13.6. The molecule has 1 unspecified atom stereocenters. The maximum absolute atomic E-state index is 12.0. The first-order chi connectivity index (χ1) is 9.26. The van der Waals surface area contributed by atoms with Crippen molar-refractivity contribution in [3.63, 3.8) is 0 Å². The van der Waals surface area contributed by atoms with Gasteiger partial charge in [0.15, 0.2) is 0 Å². The molecule has 2 N–H and O–H groups in total. The first-order valence-electron chi connectivity index (χ1n) is 6.52. The number of benzene rings is 1. The molecule has 0 saturated carbocycles. The van der Waals surface area contributed by atoms with Crippen LogP contribution in [-0.4, -0.2) is 28.1 Å². The summed E-state index contributed by atoms with van der Waals surface area (Å²) in [5.74, 6) is -0.545. The van der Waals surface area contributed by atoms with Gasteiger partial charge in [0.05, 0.1) is 10.5 Å². The minimum Gasteiger partial charge on any atom is -0.388 e. The minimum absolute atomic E-state index is 0.0160. The number of nitro groups is 1. The van der Waals surface area contributed by atoms with Gasteiger partial charge >= 0.3 is 0 Å². The number of rotatable bonds is 6. The summed E-state index contributed by atoms with van der Waals surface area (Å²) in [6.45, 7) is 5.38. The highest BCUT2D eigenvalue weighted by molar-refractivity contribution is 5.98. The molecule has 0 bridgehead atoms. The lowest BCUT2D eigenvalue weighted by Crippen LogP contribution is -2.40. The molecule has 1 aromatic rings. The fraction of sp³-hybridized carbons (Fsp3) is 0.500. The van der Waals surface area contributed by atoms with Gasteiger partial charge in [0, 0.05) is 12.6 Å². The van der Waals surface area contributed by atoms with E-state index in [1.807, 2.05) is 6.92 Å². The van der Waals surface area contributed by atoms with Crippen LogP contribution in [0.15, 0.2) is 18.2 Å². The highest BCUT2D eigenvalue weighted by atomic mass is 16.6. The van der Waals surface area contributed by atoms with E-state index in [-0.39, 0.29) is 17.8 Å². The summed E-state index contributed by atoms with van der Waals surface area (Å²) in [7, 11) is 0. The van der Waals surface area contributed by atoms with E-state index < -0.39 is 16.4 Å². The number of carbonyl (C=O) groups is 1. The van der Waals surface area contributed by atoms with E-state index in [0.29, 0.717) is 6.42 Å². The Morgan fingerprint density at radius 2 is 2.15 bits per heavy atom. The lowest BCUT2D eigenvalue weighted by Gasteiger charge is -2.22. The van der Waals surface area contributed by atoms with Crippen LogP contribution in [0.25, 0.3) is 0 Å². The topological polar surface area (TPSA) is 92.5 Å². The fourth-order valence-corrected chi connectivity index (χ4v) is 1.98. The highest BCUT2D eigenvalue weighted by Gasteiger charge is 2.24. The Balaban J connectivity index is 2.87. The minimum atomic E-state index is -1.01. The van der Waals surface area contributed by atoms with Crippen LogP contribution >= 0.6 is 0 Å². The first kappa shape index (κ1) is 16.1. The van der Waals surface area contributed by atoms with E-state index in [1.165, 1.54) is 12.1 Å². The van der Waals surface area contributed by atoms with Crippen molar-refractivity contribution in [2.45, 2.75) is 39.2 Å². The predicted octanol–water partition coefficient (Wildman–Crippen LogP) is 2.18. The van der Waals surface area contributed by atoms with Gasteiger partial charge in [0.2, 0.25) is 0 Å². The van der Waals surface area contributed by atoms with Crippen molar-refractivity contribution in [3.8, 4) is 0 Å². The molecule has 20 heavy (non-hydrogen) atoms.